The first kappa shape index (κ1) is 21.9. The van der Waals surface area contributed by atoms with Crippen LogP contribution in [0.1, 0.15) is 77.6 Å². The smallest absolute Gasteiger partial charge is 0.316 e. The third-order valence-corrected chi connectivity index (χ3v) is 10.1. The zero-order chi connectivity index (χ0) is 21.3. The third-order valence-electron chi connectivity index (χ3n) is 9.09. The van der Waals surface area contributed by atoms with Crippen LogP contribution in [0.25, 0.3) is 0 Å². The van der Waals surface area contributed by atoms with Gasteiger partial charge in [-0.05, 0) is 87.4 Å². The van der Waals surface area contributed by atoms with E-state index in [-0.39, 0.29) is 11.6 Å². The van der Waals surface area contributed by atoms with Crippen LogP contribution in [0.15, 0.2) is 36.0 Å². The molecule has 0 aromatic heterocycles. The Bertz CT molecular complexity index is 752. The first-order valence-corrected chi connectivity index (χ1v) is 14.1. The molecule has 5 rings (SSSR count). The number of hydrogen-bond acceptors (Lipinski definition) is 3. The van der Waals surface area contributed by atoms with Gasteiger partial charge in [0, 0.05) is 5.75 Å². The second kappa shape index (κ2) is 9.49. The summed E-state index contributed by atoms with van der Waals surface area (Å²) in [5.41, 5.74) is 1.43. The molecule has 5 aliphatic carbocycles. The van der Waals surface area contributed by atoms with Crippen LogP contribution in [0.4, 0.5) is 0 Å². The number of esters is 1. The molecular formula is C28H40O2S. The molecule has 7 atom stereocenters. The van der Waals surface area contributed by atoms with E-state index >= 15 is 0 Å². The molecule has 31 heavy (non-hydrogen) atoms. The monoisotopic (exact) mass is 440 g/mol. The Kier molecular flexibility index (Phi) is 6.70. The molecule has 0 heterocycles. The van der Waals surface area contributed by atoms with E-state index in [0.717, 1.165) is 42.3 Å². The van der Waals surface area contributed by atoms with Crippen LogP contribution in [0.3, 0.4) is 0 Å². The Labute approximate surface area is 193 Å². The Morgan fingerprint density at radius 1 is 1.13 bits per heavy atom. The number of ether oxygens (including phenoxy) is 1. The Morgan fingerprint density at radius 2 is 2.00 bits per heavy atom. The van der Waals surface area contributed by atoms with Gasteiger partial charge in [0.25, 0.3) is 0 Å². The van der Waals surface area contributed by atoms with Crippen molar-refractivity contribution in [2.45, 2.75) is 83.2 Å². The number of carbonyl (C=O) groups is 1. The van der Waals surface area contributed by atoms with Crippen molar-refractivity contribution in [2.75, 3.05) is 11.5 Å². The first-order chi connectivity index (χ1) is 15.1. The van der Waals surface area contributed by atoms with Gasteiger partial charge < -0.3 is 4.74 Å². The Balaban J connectivity index is 1.16. The largest absolute Gasteiger partial charge is 0.459 e. The molecule has 3 heteroatoms. The summed E-state index contributed by atoms with van der Waals surface area (Å²) in [6.45, 7) is 2.20. The number of thioether (sulfide) groups is 1. The molecular weight excluding hydrogens is 400 g/mol. The van der Waals surface area contributed by atoms with Gasteiger partial charge in [0.15, 0.2) is 0 Å². The van der Waals surface area contributed by atoms with E-state index in [0.29, 0.717) is 17.6 Å². The number of fused-ring (bicyclic) bond motifs is 3. The van der Waals surface area contributed by atoms with Gasteiger partial charge in [-0.2, -0.15) is 0 Å². The lowest BCUT2D eigenvalue weighted by molar-refractivity contribution is -0.161. The molecule has 0 aliphatic heterocycles. The number of allylic oxidation sites excluding steroid dienone is 6. The summed E-state index contributed by atoms with van der Waals surface area (Å²) in [6, 6.07) is 0. The van der Waals surface area contributed by atoms with Crippen LogP contribution >= 0.6 is 11.8 Å². The summed E-state index contributed by atoms with van der Waals surface area (Å²) >= 11 is 1.82. The molecule has 7 unspecified atom stereocenters. The molecule has 0 aromatic rings. The maximum Gasteiger partial charge on any atom is 0.316 e. The van der Waals surface area contributed by atoms with Crippen LogP contribution < -0.4 is 0 Å². The lowest BCUT2D eigenvalue weighted by atomic mass is 9.61. The van der Waals surface area contributed by atoms with Gasteiger partial charge in [-0.25, -0.2) is 0 Å². The SMILES string of the molecule is CC1(OC(=O)CSCC2C3=CC=CCC3CC3CCC=CC32)CCC2CCCCC2C1. The second-order valence-corrected chi connectivity index (χ2v) is 12.2. The first-order valence-electron chi connectivity index (χ1n) is 12.9. The number of carbonyl (C=O) groups excluding carboxylic acids is 1. The van der Waals surface area contributed by atoms with Gasteiger partial charge in [0.2, 0.25) is 0 Å². The van der Waals surface area contributed by atoms with Crippen molar-refractivity contribution in [3.05, 3.63) is 36.0 Å². The summed E-state index contributed by atoms with van der Waals surface area (Å²) in [5.74, 6) is 6.09. The highest BCUT2D eigenvalue weighted by Crippen LogP contribution is 2.50. The highest BCUT2D eigenvalue weighted by molar-refractivity contribution is 7.99. The molecule has 3 saturated carbocycles. The van der Waals surface area contributed by atoms with E-state index in [2.05, 4.69) is 37.3 Å². The quantitative estimate of drug-likeness (QED) is 0.336. The topological polar surface area (TPSA) is 26.3 Å². The molecule has 0 aromatic carbocycles. The van der Waals surface area contributed by atoms with E-state index in [1.165, 1.54) is 57.8 Å². The average molecular weight is 441 g/mol. The molecule has 0 amide bonds. The minimum atomic E-state index is -0.222. The fourth-order valence-electron chi connectivity index (χ4n) is 7.55. The second-order valence-electron chi connectivity index (χ2n) is 11.2. The maximum atomic E-state index is 12.8. The molecule has 5 aliphatic rings. The van der Waals surface area contributed by atoms with E-state index in [1.807, 2.05) is 11.8 Å². The molecule has 0 N–H and O–H groups in total. The summed E-state index contributed by atoms with van der Waals surface area (Å²) in [5, 5.41) is 0. The van der Waals surface area contributed by atoms with Crippen molar-refractivity contribution in [2.24, 2.45) is 35.5 Å². The predicted molar refractivity (Wildman–Crippen MR) is 130 cm³/mol. The van der Waals surface area contributed by atoms with Crippen molar-refractivity contribution in [3.63, 3.8) is 0 Å². The average Bonchev–Trinajstić information content (AvgIpc) is 2.78. The Hall–Kier alpha value is -0.960. The van der Waals surface area contributed by atoms with Gasteiger partial charge in [-0.3, -0.25) is 4.79 Å². The van der Waals surface area contributed by atoms with Crippen molar-refractivity contribution in [1.82, 2.24) is 0 Å². The molecule has 0 saturated heterocycles. The highest BCUT2D eigenvalue weighted by atomic mass is 32.2. The van der Waals surface area contributed by atoms with Crippen molar-refractivity contribution < 1.29 is 9.53 Å². The van der Waals surface area contributed by atoms with Crippen LogP contribution in [-0.4, -0.2) is 23.1 Å². The van der Waals surface area contributed by atoms with Gasteiger partial charge >= 0.3 is 5.97 Å². The molecule has 0 bridgehead atoms. The van der Waals surface area contributed by atoms with E-state index in [9.17, 15) is 4.79 Å². The number of rotatable bonds is 5. The maximum absolute atomic E-state index is 12.8. The van der Waals surface area contributed by atoms with Crippen LogP contribution in [0.2, 0.25) is 0 Å². The van der Waals surface area contributed by atoms with E-state index < -0.39 is 0 Å². The van der Waals surface area contributed by atoms with Crippen molar-refractivity contribution >= 4 is 17.7 Å². The van der Waals surface area contributed by atoms with Crippen LogP contribution in [0, 0.1) is 35.5 Å². The van der Waals surface area contributed by atoms with Gasteiger partial charge in [0.05, 0.1) is 5.75 Å². The van der Waals surface area contributed by atoms with Gasteiger partial charge in [0.1, 0.15) is 5.60 Å². The normalized spacial score (nSPS) is 41.5. The molecule has 2 nitrogen and oxygen atoms in total. The summed E-state index contributed by atoms with van der Waals surface area (Å²) < 4.78 is 6.13. The van der Waals surface area contributed by atoms with Crippen LogP contribution in [0.5, 0.6) is 0 Å². The molecule has 0 radical (unpaired) electrons. The lowest BCUT2D eigenvalue weighted by Gasteiger charge is -2.45. The number of hydrogen-bond donors (Lipinski definition) is 0. The molecule has 0 spiro atoms. The van der Waals surface area contributed by atoms with Gasteiger partial charge in [-0.15, -0.1) is 11.8 Å². The lowest BCUT2D eigenvalue weighted by Crippen LogP contribution is -2.42. The molecule has 3 fully saturated rings. The van der Waals surface area contributed by atoms with Crippen LogP contribution in [-0.2, 0) is 9.53 Å². The standard InChI is InChI=1S/C28H40O2S/c1-28(15-14-20-8-2-3-11-23(20)17-28)30-27(29)19-31-18-26-24-12-6-4-9-21(24)16-22-10-5-7-13-25(22)26/h4,6-7,12-13,20-23,25-26H,2-3,5,8-11,14-19H2,1H3. The van der Waals surface area contributed by atoms with Gasteiger partial charge in [-0.1, -0.05) is 61.6 Å². The summed E-state index contributed by atoms with van der Waals surface area (Å²) in [7, 11) is 0. The minimum Gasteiger partial charge on any atom is -0.459 e. The van der Waals surface area contributed by atoms with E-state index in [1.54, 1.807) is 5.57 Å². The van der Waals surface area contributed by atoms with E-state index in [4.69, 9.17) is 4.74 Å². The molecule has 170 valence electrons. The Morgan fingerprint density at radius 3 is 2.90 bits per heavy atom. The summed E-state index contributed by atoms with van der Waals surface area (Å²) in [6.07, 6.45) is 26.0. The minimum absolute atomic E-state index is 0.0161. The highest BCUT2D eigenvalue weighted by Gasteiger charge is 2.42. The van der Waals surface area contributed by atoms with Crippen molar-refractivity contribution in [1.29, 1.82) is 0 Å². The summed E-state index contributed by atoms with van der Waals surface area (Å²) in [4.78, 5) is 12.8. The fraction of sp³-hybridized carbons (Fsp3) is 0.750. The fourth-order valence-corrected chi connectivity index (χ4v) is 8.56. The third kappa shape index (κ3) is 4.87. The zero-order valence-corrected chi connectivity index (χ0v) is 20.1. The predicted octanol–water partition coefficient (Wildman–Crippen LogP) is 7.12. The van der Waals surface area contributed by atoms with Crippen molar-refractivity contribution in [3.8, 4) is 0 Å². The zero-order valence-electron chi connectivity index (χ0n) is 19.3.